The average molecular weight is 581 g/mol. The van der Waals surface area contributed by atoms with Crippen LogP contribution in [0.4, 0.5) is 5.13 Å². The third-order valence-corrected chi connectivity index (χ3v) is 8.66. The van der Waals surface area contributed by atoms with Gasteiger partial charge in [-0.1, -0.05) is 11.8 Å². The van der Waals surface area contributed by atoms with Crippen LogP contribution in [0, 0.1) is 0 Å². The van der Waals surface area contributed by atoms with Crippen LogP contribution in [0.1, 0.15) is 5.69 Å². The van der Waals surface area contributed by atoms with Gasteiger partial charge in [-0.3, -0.25) is 14.5 Å². The molecule has 2 N–H and O–H groups in total. The van der Waals surface area contributed by atoms with Crippen LogP contribution >= 0.6 is 34.9 Å². The molecule has 1 fully saturated rings. The first-order chi connectivity index (χ1) is 18.1. The normalized spacial score (nSPS) is 19.2. The van der Waals surface area contributed by atoms with Gasteiger partial charge in [0.1, 0.15) is 17.1 Å². The van der Waals surface area contributed by atoms with Gasteiger partial charge in [0.05, 0.1) is 25.0 Å². The van der Waals surface area contributed by atoms with Crippen LogP contribution in [0.5, 0.6) is 0 Å². The Bertz CT molecular complexity index is 1260. The summed E-state index contributed by atoms with van der Waals surface area (Å²) in [5.74, 6) is -1.24. The molecule has 2 aliphatic rings. The fraction of sp³-hybridized carbons (Fsp3) is 0.524. The van der Waals surface area contributed by atoms with Gasteiger partial charge in [0.15, 0.2) is 0 Å². The molecular weight excluding hydrogens is 552 g/mol. The Morgan fingerprint density at radius 1 is 1.34 bits per heavy atom. The maximum absolute atomic E-state index is 12.9. The Kier molecular flexibility index (Phi) is 9.01. The van der Waals surface area contributed by atoms with Crippen molar-refractivity contribution in [2.75, 3.05) is 46.2 Å². The number of likely N-dealkylation sites (N-methyl/N-ethyl adjacent to an activating group) is 1. The van der Waals surface area contributed by atoms with Crippen molar-refractivity contribution in [3.8, 4) is 0 Å². The quantitative estimate of drug-likeness (QED) is 0.150. The number of carbonyl (C=O) groups is 3. The second-order valence-corrected chi connectivity index (χ2v) is 11.9. The number of aliphatic carboxylic acids is 1. The predicted molar refractivity (Wildman–Crippen MR) is 144 cm³/mol. The molecule has 0 aromatic carbocycles. The maximum Gasteiger partial charge on any atom is 0.352 e. The molecule has 0 unspecified atom stereocenters. The maximum atomic E-state index is 12.9. The summed E-state index contributed by atoms with van der Waals surface area (Å²) in [4.78, 5) is 51.3. The second kappa shape index (κ2) is 12.2. The van der Waals surface area contributed by atoms with Crippen molar-refractivity contribution in [3.63, 3.8) is 0 Å². The minimum Gasteiger partial charge on any atom is -0.477 e. The smallest absolute Gasteiger partial charge is 0.352 e. The van der Waals surface area contributed by atoms with Gasteiger partial charge >= 0.3 is 5.97 Å². The summed E-state index contributed by atoms with van der Waals surface area (Å²) < 4.78 is 1.67. The number of aliphatic imine (C=N–C) groups is 1. The molecule has 0 saturated carbocycles. The molecule has 0 radical (unpaired) electrons. The van der Waals surface area contributed by atoms with Gasteiger partial charge in [-0.2, -0.15) is 0 Å². The monoisotopic (exact) mass is 580 g/mol. The number of thiazole rings is 1. The minimum atomic E-state index is -1.18. The number of thioether (sulfide) groups is 2. The molecule has 204 valence electrons. The Morgan fingerprint density at radius 2 is 2.13 bits per heavy atom. The minimum absolute atomic E-state index is 0.00120. The number of rotatable bonds is 12. The molecule has 0 spiro atoms. The number of nitrogens with zero attached hydrogens (tertiary/aromatic N) is 9. The summed E-state index contributed by atoms with van der Waals surface area (Å²) in [5, 5.41) is 26.8. The van der Waals surface area contributed by atoms with Crippen molar-refractivity contribution in [1.29, 1.82) is 0 Å². The van der Waals surface area contributed by atoms with E-state index in [9.17, 15) is 19.5 Å². The van der Waals surface area contributed by atoms with Gasteiger partial charge in [-0.25, -0.2) is 19.5 Å². The molecule has 2 amide bonds. The van der Waals surface area contributed by atoms with Crippen LogP contribution in [0.2, 0.25) is 0 Å². The van der Waals surface area contributed by atoms with Gasteiger partial charge in [0, 0.05) is 37.5 Å². The number of carboxylic acids is 1. The summed E-state index contributed by atoms with van der Waals surface area (Å²) in [6, 6.07) is -0.792. The molecule has 17 heteroatoms. The lowest BCUT2D eigenvalue weighted by Gasteiger charge is -2.49. The molecule has 2 aromatic heterocycles. The molecule has 2 aromatic rings. The lowest BCUT2D eigenvalue weighted by molar-refractivity contribution is -0.150. The molecule has 14 nitrogen and oxygen atoms in total. The van der Waals surface area contributed by atoms with Gasteiger partial charge in [0.2, 0.25) is 16.2 Å². The number of hydrogen-bond donors (Lipinski definition) is 2. The van der Waals surface area contributed by atoms with Crippen LogP contribution in [-0.2, 0) is 27.3 Å². The summed E-state index contributed by atoms with van der Waals surface area (Å²) >= 11 is 4.07. The molecule has 4 rings (SSSR count). The SMILES string of the molecule is CN(C)C=Nc1nc(CC(=O)N[C@@H]2C(=O)N3C(C(=O)O)=C(CSc4nnnn4CCN(C)C)CS[C@H]23)cs1. The molecule has 0 aliphatic carbocycles. The zero-order valence-corrected chi connectivity index (χ0v) is 23.7. The van der Waals surface area contributed by atoms with Crippen LogP contribution in [0.25, 0.3) is 0 Å². The van der Waals surface area contributed by atoms with E-state index in [2.05, 4.69) is 30.8 Å². The fourth-order valence-electron chi connectivity index (χ4n) is 3.67. The Morgan fingerprint density at radius 3 is 2.84 bits per heavy atom. The summed E-state index contributed by atoms with van der Waals surface area (Å²) in [7, 11) is 7.60. The highest BCUT2D eigenvalue weighted by Crippen LogP contribution is 2.41. The first-order valence-corrected chi connectivity index (χ1v) is 14.4. The van der Waals surface area contributed by atoms with Crippen LogP contribution < -0.4 is 5.32 Å². The van der Waals surface area contributed by atoms with E-state index in [0.29, 0.717) is 39.6 Å². The number of tetrazole rings is 1. The Hall–Kier alpha value is -3.02. The topological polar surface area (TPSA) is 162 Å². The van der Waals surface area contributed by atoms with Crippen molar-refractivity contribution in [1.82, 2.24) is 45.2 Å². The average Bonchev–Trinajstić information content (AvgIpc) is 3.51. The summed E-state index contributed by atoms with van der Waals surface area (Å²) in [5.41, 5.74) is 1.13. The highest BCUT2D eigenvalue weighted by atomic mass is 32.2. The van der Waals surface area contributed by atoms with E-state index < -0.39 is 23.3 Å². The van der Waals surface area contributed by atoms with Gasteiger partial charge < -0.3 is 20.2 Å². The van der Waals surface area contributed by atoms with E-state index >= 15 is 0 Å². The number of carbonyl (C=O) groups excluding carboxylic acids is 2. The Balaban J connectivity index is 1.37. The molecule has 38 heavy (non-hydrogen) atoms. The fourth-order valence-corrected chi connectivity index (χ4v) is 6.72. The molecule has 0 bridgehead atoms. The lowest BCUT2D eigenvalue weighted by Crippen LogP contribution is -2.70. The highest BCUT2D eigenvalue weighted by Gasteiger charge is 2.54. The summed E-state index contributed by atoms with van der Waals surface area (Å²) in [6.07, 6.45) is 1.62. The third kappa shape index (κ3) is 6.51. The highest BCUT2D eigenvalue weighted by molar-refractivity contribution is 8.01. The van der Waals surface area contributed by atoms with Crippen molar-refractivity contribution < 1.29 is 19.5 Å². The van der Waals surface area contributed by atoms with Crippen molar-refractivity contribution >= 4 is 64.1 Å². The largest absolute Gasteiger partial charge is 0.477 e. The van der Waals surface area contributed by atoms with Gasteiger partial charge in [-0.05, 0) is 30.1 Å². The first-order valence-electron chi connectivity index (χ1n) is 11.5. The standard InChI is InChI=1S/C21H28N10O4S3/c1-28(2)5-6-30-21(25-26-27-30)38-9-12-8-36-18-15(17(33)31(18)16(12)19(34)35)24-14(32)7-13-10-37-20(23-13)22-11-29(3)4/h10-11,15,18H,5-9H2,1-4H3,(H,24,32)(H,34,35)/t15-,18-/m1/s1. The summed E-state index contributed by atoms with van der Waals surface area (Å²) in [6.45, 7) is 1.35. The lowest BCUT2D eigenvalue weighted by atomic mass is 10.0. The van der Waals surface area contributed by atoms with E-state index in [1.54, 1.807) is 21.3 Å². The predicted octanol–water partition coefficient (Wildman–Crippen LogP) is -0.0140. The number of nitrogens with one attached hydrogen (secondary N) is 1. The molecular formula is C21H28N10O4S3. The van der Waals surface area contributed by atoms with E-state index in [-0.39, 0.29) is 18.0 Å². The van der Waals surface area contributed by atoms with E-state index in [1.165, 1.54) is 39.8 Å². The first kappa shape index (κ1) is 28.0. The van der Waals surface area contributed by atoms with Crippen molar-refractivity contribution in [2.24, 2.45) is 4.99 Å². The second-order valence-electron chi connectivity index (χ2n) is 9.00. The zero-order chi connectivity index (χ0) is 27.4. The number of carboxylic acid groups (broad SMARTS) is 1. The van der Waals surface area contributed by atoms with Crippen molar-refractivity contribution in [3.05, 3.63) is 22.3 Å². The van der Waals surface area contributed by atoms with E-state index in [0.717, 1.165) is 6.54 Å². The van der Waals surface area contributed by atoms with Crippen LogP contribution in [0.15, 0.2) is 26.8 Å². The molecule has 2 aliphatic heterocycles. The molecule has 4 heterocycles. The molecule has 2 atom stereocenters. The third-order valence-electron chi connectivity index (χ3n) is 5.48. The van der Waals surface area contributed by atoms with E-state index in [1.807, 2.05) is 33.1 Å². The number of fused-ring (bicyclic) bond motifs is 1. The van der Waals surface area contributed by atoms with E-state index in [4.69, 9.17) is 0 Å². The van der Waals surface area contributed by atoms with Gasteiger partial charge in [0.25, 0.3) is 5.91 Å². The Labute approximate surface area is 231 Å². The van der Waals surface area contributed by atoms with Gasteiger partial charge in [-0.15, -0.1) is 28.2 Å². The number of amides is 2. The number of hydrogen-bond acceptors (Lipinski definition) is 12. The number of β-lactam (4-membered cyclic amide) rings is 1. The zero-order valence-electron chi connectivity index (χ0n) is 21.3. The van der Waals surface area contributed by atoms with Crippen LogP contribution in [-0.4, -0.2) is 127 Å². The van der Waals surface area contributed by atoms with Crippen LogP contribution in [0.3, 0.4) is 0 Å². The van der Waals surface area contributed by atoms with Crippen molar-refractivity contribution in [2.45, 2.75) is 29.5 Å². The molecule has 1 saturated heterocycles. The number of aromatic nitrogens is 5.